The Hall–Kier alpha value is -0.923. The molecular weight excluding hydrogens is 276 g/mol. The maximum atomic E-state index is 12.4. The van der Waals surface area contributed by atoms with Crippen LogP contribution >= 0.6 is 0 Å². The number of hydrogen-bond acceptors (Lipinski definition) is 4. The summed E-state index contributed by atoms with van der Waals surface area (Å²) in [6.45, 7) is 8.47. The van der Waals surface area contributed by atoms with Gasteiger partial charge < -0.3 is 14.8 Å². The fourth-order valence-electron chi connectivity index (χ4n) is 2.39. The first-order valence-corrected chi connectivity index (χ1v) is 10.8. The molecule has 0 aromatic heterocycles. The third kappa shape index (κ3) is 3.39. The van der Waals surface area contributed by atoms with E-state index in [1.807, 2.05) is 0 Å². The molecule has 0 aliphatic carbocycles. The maximum Gasteiger partial charge on any atom is 0.326 e. The molecule has 2 rings (SSSR count). The molecule has 0 unspecified atom stereocenters. The molecule has 3 amide bonds. The van der Waals surface area contributed by atoms with Crippen LogP contribution in [-0.2, 0) is 14.3 Å². The van der Waals surface area contributed by atoms with E-state index in [0.717, 1.165) is 6.04 Å². The minimum atomic E-state index is -1.15. The minimum absolute atomic E-state index is 0.0533. The molecule has 0 bridgehead atoms. The van der Waals surface area contributed by atoms with Gasteiger partial charge in [0, 0.05) is 40.7 Å². The second-order valence-corrected chi connectivity index (χ2v) is 12.3. The van der Waals surface area contributed by atoms with Crippen molar-refractivity contribution >= 4 is 20.0 Å². The normalized spacial score (nSPS) is 22.4. The summed E-state index contributed by atoms with van der Waals surface area (Å²) in [7, 11) is -1.15. The zero-order chi connectivity index (χ0) is 14.8. The second kappa shape index (κ2) is 5.83. The molecule has 6 nitrogen and oxygen atoms in total. The molecule has 20 heavy (non-hydrogen) atoms. The Morgan fingerprint density at radius 1 is 1.30 bits per heavy atom. The minimum Gasteiger partial charge on any atom is -0.381 e. The number of carbonyl (C=O) groups is 2. The molecule has 2 fully saturated rings. The van der Waals surface area contributed by atoms with Crippen molar-refractivity contribution in [3.05, 3.63) is 0 Å². The van der Waals surface area contributed by atoms with Gasteiger partial charge in [-0.05, 0) is 6.04 Å². The lowest BCUT2D eigenvalue weighted by molar-refractivity contribution is -0.138. The lowest BCUT2D eigenvalue weighted by atomic mass is 9.90. The van der Waals surface area contributed by atoms with E-state index in [-0.39, 0.29) is 18.7 Å². The first kappa shape index (κ1) is 15.5. The van der Waals surface area contributed by atoms with Gasteiger partial charge in [0.05, 0.1) is 0 Å². The summed E-state index contributed by atoms with van der Waals surface area (Å²) in [6, 6.07) is 0.681. The lowest BCUT2D eigenvalue weighted by Crippen LogP contribution is -2.51. The smallest absolute Gasteiger partial charge is 0.326 e. The summed E-state index contributed by atoms with van der Waals surface area (Å²) < 4.78 is 10.8. The fraction of sp³-hybridized carbons (Fsp3) is 0.846. The number of ether oxygens (including phenoxy) is 2. The third-order valence-electron chi connectivity index (χ3n) is 3.81. The van der Waals surface area contributed by atoms with Crippen LogP contribution in [0.3, 0.4) is 0 Å². The van der Waals surface area contributed by atoms with Gasteiger partial charge in [-0.15, -0.1) is 0 Å². The fourth-order valence-corrected chi connectivity index (χ4v) is 3.14. The Morgan fingerprint density at radius 3 is 2.55 bits per heavy atom. The average Bonchev–Trinajstić information content (AvgIpc) is 2.58. The molecule has 114 valence electrons. The molecule has 2 saturated heterocycles. The SMILES string of the molecule is C[Si](C)(C)CCOCN1C(=O)NC2(CCOCC2)C1=O. The van der Waals surface area contributed by atoms with Gasteiger partial charge >= 0.3 is 6.03 Å². The number of imide groups is 1. The first-order valence-electron chi connectivity index (χ1n) is 7.14. The Balaban J connectivity index is 1.86. The Labute approximate surface area is 120 Å². The number of carbonyl (C=O) groups excluding carboxylic acids is 2. The first-order chi connectivity index (χ1) is 9.34. The molecular formula is C13H24N2O4Si. The van der Waals surface area contributed by atoms with Crippen molar-refractivity contribution < 1.29 is 19.1 Å². The monoisotopic (exact) mass is 300 g/mol. The molecule has 0 aromatic carbocycles. The van der Waals surface area contributed by atoms with Crippen molar-refractivity contribution in [1.82, 2.24) is 10.2 Å². The third-order valence-corrected chi connectivity index (χ3v) is 5.51. The van der Waals surface area contributed by atoms with Crippen molar-refractivity contribution in [2.24, 2.45) is 0 Å². The Bertz CT molecular complexity index is 388. The van der Waals surface area contributed by atoms with Crippen molar-refractivity contribution in [2.45, 2.75) is 44.1 Å². The van der Waals surface area contributed by atoms with Gasteiger partial charge in [-0.3, -0.25) is 4.79 Å². The molecule has 0 atom stereocenters. The Morgan fingerprint density at radius 2 is 1.95 bits per heavy atom. The van der Waals surface area contributed by atoms with Crippen molar-refractivity contribution in [3.63, 3.8) is 0 Å². The highest BCUT2D eigenvalue weighted by atomic mass is 28.3. The number of nitrogens with one attached hydrogen (secondary N) is 1. The highest BCUT2D eigenvalue weighted by Crippen LogP contribution is 2.28. The molecule has 0 saturated carbocycles. The van der Waals surface area contributed by atoms with E-state index >= 15 is 0 Å². The van der Waals surface area contributed by atoms with E-state index in [1.54, 1.807) is 0 Å². The molecule has 2 heterocycles. The van der Waals surface area contributed by atoms with E-state index in [2.05, 4.69) is 25.0 Å². The highest BCUT2D eigenvalue weighted by molar-refractivity contribution is 6.76. The van der Waals surface area contributed by atoms with E-state index in [4.69, 9.17) is 9.47 Å². The van der Waals surface area contributed by atoms with Gasteiger partial charge in [-0.25, -0.2) is 9.69 Å². The summed E-state index contributed by atoms with van der Waals surface area (Å²) >= 11 is 0. The lowest BCUT2D eigenvalue weighted by Gasteiger charge is -2.30. The number of nitrogens with zero attached hydrogens (tertiary/aromatic N) is 1. The summed E-state index contributed by atoms with van der Waals surface area (Å²) in [4.78, 5) is 25.5. The zero-order valence-electron chi connectivity index (χ0n) is 12.5. The average molecular weight is 300 g/mol. The van der Waals surface area contributed by atoms with Crippen molar-refractivity contribution in [1.29, 1.82) is 0 Å². The Kier molecular flexibility index (Phi) is 4.51. The van der Waals surface area contributed by atoms with E-state index < -0.39 is 13.6 Å². The van der Waals surface area contributed by atoms with E-state index in [9.17, 15) is 9.59 Å². The summed E-state index contributed by atoms with van der Waals surface area (Å²) in [5.74, 6) is -0.168. The van der Waals surface area contributed by atoms with Crippen LogP contribution in [0.2, 0.25) is 25.7 Å². The van der Waals surface area contributed by atoms with Crippen LogP contribution in [0.25, 0.3) is 0 Å². The van der Waals surface area contributed by atoms with E-state index in [1.165, 1.54) is 4.90 Å². The molecule has 2 aliphatic rings. The quantitative estimate of drug-likeness (QED) is 0.473. The van der Waals surface area contributed by atoms with Crippen LogP contribution in [0.15, 0.2) is 0 Å². The molecule has 0 radical (unpaired) electrons. The van der Waals surface area contributed by atoms with Gasteiger partial charge in [0.2, 0.25) is 0 Å². The summed E-state index contributed by atoms with van der Waals surface area (Å²) in [5, 5.41) is 2.81. The predicted molar refractivity (Wildman–Crippen MR) is 77.1 cm³/mol. The van der Waals surface area contributed by atoms with Gasteiger partial charge in [0.15, 0.2) is 0 Å². The zero-order valence-corrected chi connectivity index (χ0v) is 13.5. The largest absolute Gasteiger partial charge is 0.381 e. The predicted octanol–water partition coefficient (Wildman–Crippen LogP) is 1.40. The van der Waals surface area contributed by atoms with E-state index in [0.29, 0.717) is 32.7 Å². The van der Waals surface area contributed by atoms with Gasteiger partial charge in [0.1, 0.15) is 12.3 Å². The van der Waals surface area contributed by atoms with Crippen molar-refractivity contribution in [2.75, 3.05) is 26.6 Å². The number of rotatable bonds is 5. The van der Waals surface area contributed by atoms with Crippen LogP contribution in [0.1, 0.15) is 12.8 Å². The standard InChI is InChI=1S/C13H24N2O4Si/c1-20(2,3)9-8-19-10-15-11(16)13(14-12(15)17)4-6-18-7-5-13/h4-10H2,1-3H3,(H,14,17). The van der Waals surface area contributed by atoms with Gasteiger partial charge in [-0.1, -0.05) is 19.6 Å². The summed E-state index contributed by atoms with van der Waals surface area (Å²) in [5.41, 5.74) is -0.753. The van der Waals surface area contributed by atoms with Crippen LogP contribution < -0.4 is 5.32 Å². The topological polar surface area (TPSA) is 67.9 Å². The maximum absolute atomic E-state index is 12.4. The van der Waals surface area contributed by atoms with Gasteiger partial charge in [0.25, 0.3) is 5.91 Å². The second-order valence-electron chi connectivity index (χ2n) is 6.71. The highest BCUT2D eigenvalue weighted by Gasteiger charge is 2.51. The van der Waals surface area contributed by atoms with Crippen LogP contribution in [0.4, 0.5) is 4.79 Å². The summed E-state index contributed by atoms with van der Waals surface area (Å²) in [6.07, 6.45) is 1.09. The number of urea groups is 1. The van der Waals surface area contributed by atoms with Crippen molar-refractivity contribution in [3.8, 4) is 0 Å². The molecule has 0 aromatic rings. The molecule has 1 N–H and O–H groups in total. The van der Waals surface area contributed by atoms with Gasteiger partial charge in [-0.2, -0.15) is 0 Å². The molecule has 2 aliphatic heterocycles. The van der Waals surface area contributed by atoms with Crippen LogP contribution in [0.5, 0.6) is 0 Å². The van der Waals surface area contributed by atoms with Crippen LogP contribution in [0, 0.1) is 0 Å². The molecule has 7 heteroatoms. The number of hydrogen-bond donors (Lipinski definition) is 1. The number of amides is 3. The van der Waals surface area contributed by atoms with Crippen LogP contribution in [-0.4, -0.2) is 57.0 Å². The molecule has 1 spiro atoms.